The molecule has 7 nitrogen and oxygen atoms in total. The Morgan fingerprint density at radius 1 is 1.50 bits per heavy atom. The molecular weight excluding hydrogens is 236 g/mol. The van der Waals surface area contributed by atoms with Crippen LogP contribution < -0.4 is 16.4 Å². The third kappa shape index (κ3) is 2.20. The molecule has 0 bridgehead atoms. The lowest BCUT2D eigenvalue weighted by Gasteiger charge is -2.18. The predicted molar refractivity (Wildman–Crippen MR) is 67.0 cm³/mol. The molecule has 1 unspecified atom stereocenters. The summed E-state index contributed by atoms with van der Waals surface area (Å²) in [6.45, 7) is 1.23. The Bertz CT molecular complexity index is 503. The van der Waals surface area contributed by atoms with Gasteiger partial charge in [-0.25, -0.2) is 0 Å². The number of nitro groups is 1. The Labute approximate surface area is 104 Å². The number of primary amides is 1. The van der Waals surface area contributed by atoms with E-state index in [1.165, 1.54) is 6.07 Å². The molecule has 1 aromatic carbocycles. The van der Waals surface area contributed by atoms with E-state index in [9.17, 15) is 14.9 Å². The Balaban J connectivity index is 2.18. The van der Waals surface area contributed by atoms with Crippen molar-refractivity contribution < 1.29 is 9.72 Å². The van der Waals surface area contributed by atoms with Crippen LogP contribution in [0.1, 0.15) is 6.42 Å². The first-order valence-corrected chi connectivity index (χ1v) is 5.57. The van der Waals surface area contributed by atoms with Gasteiger partial charge in [0.25, 0.3) is 5.69 Å². The zero-order valence-corrected chi connectivity index (χ0v) is 9.70. The Hall–Kier alpha value is -2.31. The lowest BCUT2D eigenvalue weighted by atomic mass is 10.1. The van der Waals surface area contributed by atoms with Crippen molar-refractivity contribution in [2.75, 3.05) is 23.7 Å². The zero-order chi connectivity index (χ0) is 13.3. The minimum Gasteiger partial charge on any atom is -0.393 e. The van der Waals surface area contributed by atoms with Crippen LogP contribution in [-0.2, 0) is 4.79 Å². The quantitative estimate of drug-likeness (QED) is 0.460. The molecule has 1 aliphatic rings. The number of nitrogen functional groups attached to an aromatic ring is 1. The number of benzene rings is 1. The van der Waals surface area contributed by atoms with Gasteiger partial charge in [0.05, 0.1) is 10.8 Å². The smallest absolute Gasteiger partial charge is 0.292 e. The van der Waals surface area contributed by atoms with Crippen LogP contribution in [0.5, 0.6) is 0 Å². The SMILES string of the molecule is NC(=O)C1CCN(c2ccc([N+](=O)[O-])c(N)c2)C1. The Morgan fingerprint density at radius 3 is 2.72 bits per heavy atom. The van der Waals surface area contributed by atoms with E-state index in [2.05, 4.69) is 0 Å². The number of nitrogens with two attached hydrogens (primary N) is 2. The summed E-state index contributed by atoms with van der Waals surface area (Å²) < 4.78 is 0. The van der Waals surface area contributed by atoms with E-state index < -0.39 is 4.92 Å². The van der Waals surface area contributed by atoms with Crippen LogP contribution in [0.15, 0.2) is 18.2 Å². The van der Waals surface area contributed by atoms with Gasteiger partial charge in [0.1, 0.15) is 5.69 Å². The van der Waals surface area contributed by atoms with Gasteiger partial charge in [0, 0.05) is 24.8 Å². The fourth-order valence-electron chi connectivity index (χ4n) is 2.13. The minimum absolute atomic E-state index is 0.107. The van der Waals surface area contributed by atoms with Gasteiger partial charge < -0.3 is 16.4 Å². The monoisotopic (exact) mass is 250 g/mol. The molecule has 1 aliphatic heterocycles. The number of hydrogen-bond donors (Lipinski definition) is 2. The van der Waals surface area contributed by atoms with Crippen LogP contribution in [0.3, 0.4) is 0 Å². The van der Waals surface area contributed by atoms with E-state index in [-0.39, 0.29) is 23.2 Å². The second-order valence-corrected chi connectivity index (χ2v) is 4.33. The highest BCUT2D eigenvalue weighted by Crippen LogP contribution is 2.30. The number of nitro benzene ring substituents is 1. The van der Waals surface area contributed by atoms with E-state index in [1.807, 2.05) is 4.90 Å². The molecule has 0 aliphatic carbocycles. The van der Waals surface area contributed by atoms with Crippen LogP contribution in [0, 0.1) is 16.0 Å². The summed E-state index contributed by atoms with van der Waals surface area (Å²) in [5.41, 5.74) is 11.7. The normalized spacial score (nSPS) is 18.9. The fourth-order valence-corrected chi connectivity index (χ4v) is 2.13. The molecule has 2 rings (SSSR count). The minimum atomic E-state index is -0.519. The molecule has 96 valence electrons. The summed E-state index contributed by atoms with van der Waals surface area (Å²) in [4.78, 5) is 23.2. The van der Waals surface area contributed by atoms with Gasteiger partial charge in [-0.1, -0.05) is 0 Å². The van der Waals surface area contributed by atoms with E-state index in [0.717, 1.165) is 5.69 Å². The second-order valence-electron chi connectivity index (χ2n) is 4.33. The van der Waals surface area contributed by atoms with Crippen LogP contribution >= 0.6 is 0 Å². The highest BCUT2D eigenvalue weighted by atomic mass is 16.6. The van der Waals surface area contributed by atoms with Gasteiger partial charge >= 0.3 is 0 Å². The standard InChI is InChI=1S/C11H14N4O3/c12-9-5-8(1-2-10(9)15(17)18)14-4-3-7(6-14)11(13)16/h1-2,5,7H,3-4,6,12H2,(H2,13,16). The number of hydrogen-bond acceptors (Lipinski definition) is 5. The molecule has 0 spiro atoms. The lowest BCUT2D eigenvalue weighted by Crippen LogP contribution is -2.27. The summed E-state index contributed by atoms with van der Waals surface area (Å²) in [6, 6.07) is 4.57. The van der Waals surface area contributed by atoms with Crippen molar-refractivity contribution in [1.29, 1.82) is 0 Å². The van der Waals surface area contributed by atoms with E-state index in [4.69, 9.17) is 11.5 Å². The van der Waals surface area contributed by atoms with Gasteiger partial charge in [-0.05, 0) is 18.6 Å². The summed E-state index contributed by atoms with van der Waals surface area (Å²) in [6.07, 6.45) is 0.701. The number of carbonyl (C=O) groups excluding carboxylic acids is 1. The molecule has 7 heteroatoms. The molecule has 0 aromatic heterocycles. The van der Waals surface area contributed by atoms with Gasteiger partial charge in [0.15, 0.2) is 0 Å². The van der Waals surface area contributed by atoms with E-state index >= 15 is 0 Å². The van der Waals surface area contributed by atoms with Crippen LogP contribution in [0.25, 0.3) is 0 Å². The molecule has 1 heterocycles. The molecule has 0 radical (unpaired) electrons. The molecule has 18 heavy (non-hydrogen) atoms. The number of rotatable bonds is 3. The summed E-state index contributed by atoms with van der Waals surface area (Å²) in [5, 5.41) is 10.6. The van der Waals surface area contributed by atoms with E-state index in [0.29, 0.717) is 19.5 Å². The molecule has 1 saturated heterocycles. The zero-order valence-electron chi connectivity index (χ0n) is 9.70. The van der Waals surface area contributed by atoms with Crippen LogP contribution in [-0.4, -0.2) is 23.9 Å². The Kier molecular flexibility index (Phi) is 3.05. The topological polar surface area (TPSA) is 115 Å². The van der Waals surface area contributed by atoms with Crippen molar-refractivity contribution in [2.24, 2.45) is 11.7 Å². The summed E-state index contributed by atoms with van der Waals surface area (Å²) in [7, 11) is 0. The van der Waals surface area contributed by atoms with E-state index in [1.54, 1.807) is 12.1 Å². The highest BCUT2D eigenvalue weighted by molar-refractivity contribution is 5.78. The average molecular weight is 250 g/mol. The van der Waals surface area contributed by atoms with Crippen LogP contribution in [0.4, 0.5) is 17.1 Å². The van der Waals surface area contributed by atoms with Crippen molar-refractivity contribution in [3.63, 3.8) is 0 Å². The maximum absolute atomic E-state index is 11.1. The molecular formula is C11H14N4O3. The molecule has 0 saturated carbocycles. The fraction of sp³-hybridized carbons (Fsp3) is 0.364. The van der Waals surface area contributed by atoms with Gasteiger partial charge in [-0.2, -0.15) is 0 Å². The van der Waals surface area contributed by atoms with Crippen molar-refractivity contribution >= 4 is 23.0 Å². The number of nitrogens with zero attached hydrogens (tertiary/aromatic N) is 2. The van der Waals surface area contributed by atoms with Crippen LogP contribution in [0.2, 0.25) is 0 Å². The first kappa shape index (κ1) is 12.2. The summed E-state index contributed by atoms with van der Waals surface area (Å²) >= 11 is 0. The van der Waals surface area contributed by atoms with Crippen molar-refractivity contribution in [3.05, 3.63) is 28.3 Å². The second kappa shape index (κ2) is 4.52. The van der Waals surface area contributed by atoms with Crippen molar-refractivity contribution in [3.8, 4) is 0 Å². The maximum atomic E-state index is 11.1. The number of amides is 1. The third-order valence-electron chi connectivity index (χ3n) is 3.16. The highest BCUT2D eigenvalue weighted by Gasteiger charge is 2.27. The third-order valence-corrected chi connectivity index (χ3v) is 3.16. The van der Waals surface area contributed by atoms with Crippen molar-refractivity contribution in [1.82, 2.24) is 0 Å². The van der Waals surface area contributed by atoms with Crippen molar-refractivity contribution in [2.45, 2.75) is 6.42 Å². The molecule has 1 amide bonds. The molecule has 4 N–H and O–H groups in total. The predicted octanol–water partition coefficient (Wildman–Crippen LogP) is 0.489. The van der Waals surface area contributed by atoms with Gasteiger partial charge in [-0.3, -0.25) is 14.9 Å². The molecule has 1 atom stereocenters. The number of anilines is 2. The maximum Gasteiger partial charge on any atom is 0.292 e. The Morgan fingerprint density at radius 2 is 2.22 bits per heavy atom. The van der Waals surface area contributed by atoms with Gasteiger partial charge in [0.2, 0.25) is 5.91 Å². The molecule has 1 fully saturated rings. The first-order valence-electron chi connectivity index (χ1n) is 5.57. The number of carbonyl (C=O) groups is 1. The van der Waals surface area contributed by atoms with Gasteiger partial charge in [-0.15, -0.1) is 0 Å². The largest absolute Gasteiger partial charge is 0.393 e. The average Bonchev–Trinajstić information content (AvgIpc) is 2.77. The molecule has 1 aromatic rings. The summed E-state index contributed by atoms with van der Waals surface area (Å²) in [5.74, 6) is -0.478. The first-order chi connectivity index (χ1) is 8.49. The lowest BCUT2D eigenvalue weighted by molar-refractivity contribution is -0.383.